The molecule has 1 amide bonds. The fraction of sp³-hybridized carbons (Fsp3) is 0.579. The van der Waals surface area contributed by atoms with Crippen molar-refractivity contribution in [3.8, 4) is 0 Å². The number of morpholine rings is 1. The summed E-state index contributed by atoms with van der Waals surface area (Å²) in [5.41, 5.74) is 2.40. The molecule has 2 N–H and O–H groups in total. The predicted octanol–water partition coefficient (Wildman–Crippen LogP) is 1.07. The highest BCUT2D eigenvalue weighted by Gasteiger charge is 2.10. The SMILES string of the molecule is Cc1ccccc1CN=C(NCCN1CCOCC1)NCC(=O)N(C)C.I. The zero-order valence-corrected chi connectivity index (χ0v) is 18.9. The Bertz CT molecular complexity index is 604. The second-order valence-corrected chi connectivity index (χ2v) is 6.61. The first kappa shape index (κ1) is 23.6. The van der Waals surface area contributed by atoms with Crippen molar-refractivity contribution in [2.24, 2.45) is 4.99 Å². The van der Waals surface area contributed by atoms with E-state index in [0.29, 0.717) is 12.5 Å². The van der Waals surface area contributed by atoms with Gasteiger partial charge in [0.25, 0.3) is 0 Å². The molecule has 1 aliphatic rings. The summed E-state index contributed by atoms with van der Waals surface area (Å²) in [6.45, 7) is 8.10. The maximum absolute atomic E-state index is 11.9. The number of aliphatic imine (C=N–C) groups is 1. The molecule has 8 heteroatoms. The van der Waals surface area contributed by atoms with Crippen LogP contribution in [0, 0.1) is 6.92 Å². The quantitative estimate of drug-likeness (QED) is 0.341. The summed E-state index contributed by atoms with van der Waals surface area (Å²) in [7, 11) is 3.50. The van der Waals surface area contributed by atoms with Crippen molar-refractivity contribution < 1.29 is 9.53 Å². The van der Waals surface area contributed by atoms with Gasteiger partial charge in [0.2, 0.25) is 5.91 Å². The van der Waals surface area contributed by atoms with Crippen molar-refractivity contribution in [3.63, 3.8) is 0 Å². The summed E-state index contributed by atoms with van der Waals surface area (Å²) in [4.78, 5) is 20.4. The number of hydrogen-bond acceptors (Lipinski definition) is 4. The monoisotopic (exact) mass is 489 g/mol. The van der Waals surface area contributed by atoms with Gasteiger partial charge in [-0.05, 0) is 18.1 Å². The molecule has 1 aliphatic heterocycles. The van der Waals surface area contributed by atoms with Gasteiger partial charge in [-0.3, -0.25) is 9.69 Å². The fourth-order valence-corrected chi connectivity index (χ4v) is 2.60. The minimum Gasteiger partial charge on any atom is -0.379 e. The number of nitrogens with one attached hydrogen (secondary N) is 2. The number of rotatable bonds is 7. The highest BCUT2D eigenvalue weighted by atomic mass is 127. The van der Waals surface area contributed by atoms with Crippen molar-refractivity contribution >= 4 is 35.8 Å². The minimum absolute atomic E-state index is 0. The lowest BCUT2D eigenvalue weighted by Gasteiger charge is -2.26. The molecule has 1 fully saturated rings. The molecule has 2 rings (SSSR count). The molecule has 0 saturated carbocycles. The van der Waals surface area contributed by atoms with Gasteiger partial charge in [-0.15, -0.1) is 24.0 Å². The Kier molecular flexibility index (Phi) is 11.3. The molecule has 0 radical (unpaired) electrons. The van der Waals surface area contributed by atoms with Gasteiger partial charge < -0.3 is 20.3 Å². The van der Waals surface area contributed by atoms with Crippen molar-refractivity contribution in [2.75, 3.05) is 60.0 Å². The first-order valence-corrected chi connectivity index (χ1v) is 9.13. The smallest absolute Gasteiger partial charge is 0.241 e. The van der Waals surface area contributed by atoms with E-state index in [4.69, 9.17) is 4.74 Å². The van der Waals surface area contributed by atoms with Crippen LogP contribution in [-0.4, -0.2) is 81.7 Å². The third-order valence-electron chi connectivity index (χ3n) is 4.40. The highest BCUT2D eigenvalue weighted by Crippen LogP contribution is 2.07. The molecule has 1 heterocycles. The van der Waals surface area contributed by atoms with E-state index in [1.54, 1.807) is 19.0 Å². The van der Waals surface area contributed by atoms with Crippen LogP contribution in [-0.2, 0) is 16.1 Å². The van der Waals surface area contributed by atoms with E-state index >= 15 is 0 Å². The normalized spacial score (nSPS) is 15.0. The molecule has 152 valence electrons. The van der Waals surface area contributed by atoms with Crippen molar-refractivity contribution in [1.29, 1.82) is 0 Å². The molecule has 0 aliphatic carbocycles. The Morgan fingerprint density at radius 2 is 1.93 bits per heavy atom. The Labute approximate surface area is 179 Å². The number of halogens is 1. The molecule has 0 unspecified atom stereocenters. The van der Waals surface area contributed by atoms with Crippen LogP contribution >= 0.6 is 24.0 Å². The standard InChI is InChI=1S/C19H31N5O2.HI/c1-16-6-4-5-7-17(16)14-21-19(22-15-18(25)23(2)3)20-8-9-24-10-12-26-13-11-24;/h4-7H,8-15H2,1-3H3,(H2,20,21,22);1H. The van der Waals surface area contributed by atoms with Crippen molar-refractivity contribution in [2.45, 2.75) is 13.5 Å². The van der Waals surface area contributed by atoms with Crippen LogP contribution in [0.1, 0.15) is 11.1 Å². The van der Waals surface area contributed by atoms with E-state index in [0.717, 1.165) is 39.4 Å². The van der Waals surface area contributed by atoms with Gasteiger partial charge >= 0.3 is 0 Å². The summed E-state index contributed by atoms with van der Waals surface area (Å²) in [6, 6.07) is 8.21. The molecule has 1 aromatic carbocycles. The fourth-order valence-electron chi connectivity index (χ4n) is 2.60. The van der Waals surface area contributed by atoms with Crippen LogP contribution in [0.15, 0.2) is 29.3 Å². The molecular formula is C19H32IN5O2. The largest absolute Gasteiger partial charge is 0.379 e. The van der Waals surface area contributed by atoms with Crippen LogP contribution in [0.25, 0.3) is 0 Å². The number of benzene rings is 1. The van der Waals surface area contributed by atoms with Crippen LogP contribution < -0.4 is 10.6 Å². The highest BCUT2D eigenvalue weighted by molar-refractivity contribution is 14.0. The second-order valence-electron chi connectivity index (χ2n) is 6.61. The first-order valence-electron chi connectivity index (χ1n) is 9.13. The van der Waals surface area contributed by atoms with Gasteiger partial charge in [0.05, 0.1) is 26.3 Å². The van der Waals surface area contributed by atoms with Crippen LogP contribution in [0.3, 0.4) is 0 Å². The van der Waals surface area contributed by atoms with Gasteiger partial charge in [-0.1, -0.05) is 24.3 Å². The topological polar surface area (TPSA) is 69.2 Å². The number of hydrogen-bond donors (Lipinski definition) is 2. The molecule has 27 heavy (non-hydrogen) atoms. The second kappa shape index (κ2) is 12.9. The van der Waals surface area contributed by atoms with Gasteiger partial charge in [-0.2, -0.15) is 0 Å². The number of aryl methyl sites for hydroxylation is 1. The molecule has 0 aromatic heterocycles. The van der Waals surface area contributed by atoms with E-state index in [2.05, 4.69) is 39.6 Å². The van der Waals surface area contributed by atoms with E-state index in [1.165, 1.54) is 11.1 Å². The van der Waals surface area contributed by atoms with Crippen molar-refractivity contribution in [1.82, 2.24) is 20.4 Å². The average molecular weight is 489 g/mol. The number of amides is 1. The third kappa shape index (κ3) is 8.89. The molecular weight excluding hydrogens is 457 g/mol. The maximum Gasteiger partial charge on any atom is 0.241 e. The summed E-state index contributed by atoms with van der Waals surface area (Å²) in [5.74, 6) is 0.681. The van der Waals surface area contributed by atoms with Crippen LogP contribution in [0.4, 0.5) is 0 Å². The zero-order chi connectivity index (χ0) is 18.8. The van der Waals surface area contributed by atoms with E-state index < -0.39 is 0 Å². The van der Waals surface area contributed by atoms with E-state index in [1.807, 2.05) is 12.1 Å². The van der Waals surface area contributed by atoms with Crippen LogP contribution in [0.5, 0.6) is 0 Å². The molecule has 0 spiro atoms. The number of carbonyl (C=O) groups is 1. The number of ether oxygens (including phenoxy) is 1. The van der Waals surface area contributed by atoms with E-state index in [9.17, 15) is 4.79 Å². The zero-order valence-electron chi connectivity index (χ0n) is 16.5. The minimum atomic E-state index is 0. The lowest BCUT2D eigenvalue weighted by atomic mass is 10.1. The number of guanidine groups is 1. The first-order chi connectivity index (χ1) is 12.6. The van der Waals surface area contributed by atoms with Crippen molar-refractivity contribution in [3.05, 3.63) is 35.4 Å². The lowest BCUT2D eigenvalue weighted by Crippen LogP contribution is -2.46. The summed E-state index contributed by atoms with van der Waals surface area (Å²) >= 11 is 0. The summed E-state index contributed by atoms with van der Waals surface area (Å²) in [6.07, 6.45) is 0. The van der Waals surface area contributed by atoms with E-state index in [-0.39, 0.29) is 36.4 Å². The summed E-state index contributed by atoms with van der Waals surface area (Å²) < 4.78 is 5.37. The molecule has 0 atom stereocenters. The Morgan fingerprint density at radius 1 is 1.22 bits per heavy atom. The number of likely N-dealkylation sites (N-methyl/N-ethyl adjacent to an activating group) is 1. The van der Waals surface area contributed by atoms with Gasteiger partial charge in [0.1, 0.15) is 0 Å². The number of carbonyl (C=O) groups excluding carboxylic acids is 1. The molecule has 1 saturated heterocycles. The maximum atomic E-state index is 11.9. The lowest BCUT2D eigenvalue weighted by molar-refractivity contribution is -0.127. The van der Waals surface area contributed by atoms with Crippen LogP contribution in [0.2, 0.25) is 0 Å². The molecule has 0 bridgehead atoms. The Balaban J connectivity index is 0.00000364. The Morgan fingerprint density at radius 3 is 2.59 bits per heavy atom. The molecule has 1 aromatic rings. The van der Waals surface area contributed by atoms with Gasteiger partial charge in [0.15, 0.2) is 5.96 Å². The Hall–Kier alpha value is -1.39. The average Bonchev–Trinajstić information content (AvgIpc) is 2.65. The summed E-state index contributed by atoms with van der Waals surface area (Å²) in [5, 5.41) is 6.47. The van der Waals surface area contributed by atoms with Gasteiger partial charge in [-0.25, -0.2) is 4.99 Å². The predicted molar refractivity (Wildman–Crippen MR) is 120 cm³/mol. The van der Waals surface area contributed by atoms with Gasteiger partial charge in [0, 0.05) is 40.3 Å². The molecule has 7 nitrogen and oxygen atoms in total. The third-order valence-corrected chi connectivity index (χ3v) is 4.40. The number of nitrogens with zero attached hydrogens (tertiary/aromatic N) is 3.